The second-order valence-electron chi connectivity index (χ2n) is 6.81. The molecule has 0 aromatic heterocycles. The molecule has 0 saturated carbocycles. The Morgan fingerprint density at radius 2 is 1.67 bits per heavy atom. The fourth-order valence-corrected chi connectivity index (χ4v) is 2.87. The minimum absolute atomic E-state index is 0.132. The van der Waals surface area contributed by atoms with Crippen molar-refractivity contribution in [2.45, 2.75) is 26.8 Å². The van der Waals surface area contributed by atoms with Crippen LogP contribution in [0.3, 0.4) is 0 Å². The SMILES string of the molecule is Cc1cccc(NC(=O)CN(C)CC(=O)N[C@@H](C)c2ccc(Cl)cc2)c1C. The molecule has 0 saturated heterocycles. The first-order valence-electron chi connectivity index (χ1n) is 8.85. The Labute approximate surface area is 165 Å². The van der Waals surface area contributed by atoms with Crippen molar-refractivity contribution in [3.8, 4) is 0 Å². The van der Waals surface area contributed by atoms with Crippen LogP contribution in [-0.4, -0.2) is 36.9 Å². The fourth-order valence-electron chi connectivity index (χ4n) is 2.74. The molecule has 0 aliphatic rings. The maximum atomic E-state index is 12.2. The maximum absolute atomic E-state index is 12.2. The molecular weight excluding hydrogens is 362 g/mol. The molecule has 0 spiro atoms. The van der Waals surface area contributed by atoms with Crippen molar-refractivity contribution in [2.24, 2.45) is 0 Å². The number of amides is 2. The van der Waals surface area contributed by atoms with E-state index in [1.165, 1.54) is 0 Å². The number of likely N-dealkylation sites (N-methyl/N-ethyl adjacent to an activating group) is 1. The van der Waals surface area contributed by atoms with Crippen LogP contribution < -0.4 is 10.6 Å². The van der Waals surface area contributed by atoms with Gasteiger partial charge in [-0.25, -0.2) is 0 Å². The number of halogens is 1. The number of hydrogen-bond acceptors (Lipinski definition) is 3. The van der Waals surface area contributed by atoms with Gasteiger partial charge < -0.3 is 10.6 Å². The van der Waals surface area contributed by atoms with Crippen LogP contribution in [0.1, 0.15) is 29.7 Å². The van der Waals surface area contributed by atoms with Crippen molar-refractivity contribution < 1.29 is 9.59 Å². The monoisotopic (exact) mass is 387 g/mol. The van der Waals surface area contributed by atoms with Gasteiger partial charge in [0.25, 0.3) is 0 Å². The van der Waals surface area contributed by atoms with Crippen LogP contribution in [0.15, 0.2) is 42.5 Å². The molecule has 0 fully saturated rings. The number of benzene rings is 2. The fraction of sp³-hybridized carbons (Fsp3) is 0.333. The highest BCUT2D eigenvalue weighted by Gasteiger charge is 2.14. The zero-order valence-electron chi connectivity index (χ0n) is 16.2. The van der Waals surface area contributed by atoms with Gasteiger partial charge in [-0.15, -0.1) is 0 Å². The van der Waals surface area contributed by atoms with Crippen LogP contribution in [-0.2, 0) is 9.59 Å². The summed E-state index contributed by atoms with van der Waals surface area (Å²) < 4.78 is 0. The number of nitrogens with one attached hydrogen (secondary N) is 2. The highest BCUT2D eigenvalue weighted by atomic mass is 35.5. The Morgan fingerprint density at radius 3 is 2.33 bits per heavy atom. The quantitative estimate of drug-likeness (QED) is 0.761. The number of anilines is 1. The second-order valence-corrected chi connectivity index (χ2v) is 7.25. The summed E-state index contributed by atoms with van der Waals surface area (Å²) in [6.45, 7) is 6.16. The number of nitrogens with zero attached hydrogens (tertiary/aromatic N) is 1. The maximum Gasteiger partial charge on any atom is 0.238 e. The first-order valence-corrected chi connectivity index (χ1v) is 9.23. The van der Waals surface area contributed by atoms with E-state index in [4.69, 9.17) is 11.6 Å². The molecule has 5 nitrogen and oxygen atoms in total. The second kappa shape index (κ2) is 9.53. The van der Waals surface area contributed by atoms with E-state index in [1.807, 2.05) is 51.1 Å². The first kappa shape index (κ1) is 20.9. The van der Waals surface area contributed by atoms with Crippen molar-refractivity contribution in [1.82, 2.24) is 10.2 Å². The smallest absolute Gasteiger partial charge is 0.238 e. The largest absolute Gasteiger partial charge is 0.348 e. The Bertz CT molecular complexity index is 806. The third-order valence-electron chi connectivity index (χ3n) is 4.45. The summed E-state index contributed by atoms with van der Waals surface area (Å²) in [5.74, 6) is -0.288. The lowest BCUT2D eigenvalue weighted by atomic mass is 10.1. The van der Waals surface area contributed by atoms with Crippen molar-refractivity contribution in [3.63, 3.8) is 0 Å². The van der Waals surface area contributed by atoms with Crippen LogP contribution in [0, 0.1) is 13.8 Å². The number of hydrogen-bond donors (Lipinski definition) is 2. The molecule has 0 heterocycles. The third-order valence-corrected chi connectivity index (χ3v) is 4.71. The van der Waals surface area contributed by atoms with E-state index in [9.17, 15) is 9.59 Å². The van der Waals surface area contributed by atoms with E-state index >= 15 is 0 Å². The summed E-state index contributed by atoms with van der Waals surface area (Å²) in [6, 6.07) is 13.0. The lowest BCUT2D eigenvalue weighted by Crippen LogP contribution is -2.39. The molecule has 2 amide bonds. The van der Waals surface area contributed by atoms with Gasteiger partial charge in [-0.2, -0.15) is 0 Å². The lowest BCUT2D eigenvalue weighted by molar-refractivity contribution is -0.123. The predicted molar refractivity (Wildman–Crippen MR) is 110 cm³/mol. The molecule has 0 bridgehead atoms. The Hall–Kier alpha value is -2.37. The average molecular weight is 388 g/mol. The van der Waals surface area contributed by atoms with E-state index in [2.05, 4.69) is 10.6 Å². The standard InChI is InChI=1S/C21H26ClN3O2/c1-14-6-5-7-19(15(14)2)24-21(27)13-25(4)12-20(26)23-16(3)17-8-10-18(22)11-9-17/h5-11,16H,12-13H2,1-4H3,(H,23,26)(H,24,27)/t16-/m0/s1. The molecular formula is C21H26ClN3O2. The van der Waals surface area contributed by atoms with Crippen molar-refractivity contribution in [2.75, 3.05) is 25.5 Å². The van der Waals surface area contributed by atoms with Gasteiger partial charge in [0.05, 0.1) is 19.1 Å². The molecule has 2 aromatic carbocycles. The Kier molecular flexibility index (Phi) is 7.39. The molecule has 0 aliphatic heterocycles. The summed E-state index contributed by atoms with van der Waals surface area (Å²) in [4.78, 5) is 26.2. The molecule has 0 aliphatic carbocycles. The number of carbonyl (C=O) groups is 2. The van der Waals surface area contributed by atoms with E-state index in [1.54, 1.807) is 24.1 Å². The van der Waals surface area contributed by atoms with E-state index < -0.39 is 0 Å². The van der Waals surface area contributed by atoms with Crippen LogP contribution >= 0.6 is 11.6 Å². The lowest BCUT2D eigenvalue weighted by Gasteiger charge is -2.19. The van der Waals surface area contributed by atoms with Gasteiger partial charge in [-0.3, -0.25) is 14.5 Å². The zero-order chi connectivity index (χ0) is 20.0. The molecule has 2 N–H and O–H groups in total. The summed E-state index contributed by atoms with van der Waals surface area (Å²) in [5.41, 5.74) is 3.94. The average Bonchev–Trinajstić information content (AvgIpc) is 2.59. The molecule has 0 unspecified atom stereocenters. The van der Waals surface area contributed by atoms with Crippen LogP contribution in [0.5, 0.6) is 0 Å². The normalized spacial score (nSPS) is 11.9. The van der Waals surface area contributed by atoms with Crippen LogP contribution in [0.4, 0.5) is 5.69 Å². The minimum Gasteiger partial charge on any atom is -0.348 e. The van der Waals surface area contributed by atoms with Gasteiger partial charge in [0.1, 0.15) is 0 Å². The zero-order valence-corrected chi connectivity index (χ0v) is 16.9. The highest BCUT2D eigenvalue weighted by Crippen LogP contribution is 2.18. The number of carbonyl (C=O) groups excluding carboxylic acids is 2. The van der Waals surface area contributed by atoms with Crippen LogP contribution in [0.25, 0.3) is 0 Å². The summed E-state index contributed by atoms with van der Waals surface area (Å²) in [6.07, 6.45) is 0. The van der Waals surface area contributed by atoms with Crippen LogP contribution in [0.2, 0.25) is 5.02 Å². The van der Waals surface area contributed by atoms with E-state index in [-0.39, 0.29) is 30.9 Å². The van der Waals surface area contributed by atoms with E-state index in [0.29, 0.717) is 5.02 Å². The summed E-state index contributed by atoms with van der Waals surface area (Å²) in [5, 5.41) is 6.49. The third kappa shape index (κ3) is 6.38. The van der Waals surface area contributed by atoms with Gasteiger partial charge in [-0.05, 0) is 62.7 Å². The number of aryl methyl sites for hydroxylation is 1. The van der Waals surface area contributed by atoms with Gasteiger partial charge in [0.2, 0.25) is 11.8 Å². The molecule has 2 aromatic rings. The molecule has 0 radical (unpaired) electrons. The number of rotatable bonds is 7. The molecule has 144 valence electrons. The van der Waals surface area contributed by atoms with Gasteiger partial charge in [-0.1, -0.05) is 35.9 Å². The predicted octanol–water partition coefficient (Wildman–Crippen LogP) is 3.70. The Balaban J connectivity index is 1.82. The summed E-state index contributed by atoms with van der Waals surface area (Å²) in [7, 11) is 1.75. The Morgan fingerprint density at radius 1 is 1.04 bits per heavy atom. The van der Waals surface area contributed by atoms with Crippen molar-refractivity contribution in [1.29, 1.82) is 0 Å². The van der Waals surface area contributed by atoms with E-state index in [0.717, 1.165) is 22.4 Å². The molecule has 6 heteroatoms. The topological polar surface area (TPSA) is 61.4 Å². The molecule has 1 atom stereocenters. The first-order chi connectivity index (χ1) is 12.8. The minimum atomic E-state index is -0.148. The molecule has 27 heavy (non-hydrogen) atoms. The highest BCUT2D eigenvalue weighted by molar-refractivity contribution is 6.30. The van der Waals surface area contributed by atoms with Gasteiger partial charge in [0.15, 0.2) is 0 Å². The van der Waals surface area contributed by atoms with Gasteiger partial charge >= 0.3 is 0 Å². The van der Waals surface area contributed by atoms with Gasteiger partial charge in [0, 0.05) is 10.7 Å². The van der Waals surface area contributed by atoms with Crippen molar-refractivity contribution >= 4 is 29.1 Å². The van der Waals surface area contributed by atoms with Crippen molar-refractivity contribution in [3.05, 3.63) is 64.2 Å². The summed E-state index contributed by atoms with van der Waals surface area (Å²) >= 11 is 5.88. The molecule has 2 rings (SSSR count).